The van der Waals surface area contributed by atoms with Crippen LogP contribution in [-0.4, -0.2) is 0 Å². The molecule has 0 saturated carbocycles. The van der Waals surface area contributed by atoms with Crippen molar-refractivity contribution < 1.29 is 0 Å². The number of hydrogen-bond donors (Lipinski definition) is 0. The van der Waals surface area contributed by atoms with E-state index >= 15 is 0 Å². The van der Waals surface area contributed by atoms with E-state index in [0.717, 1.165) is 0 Å². The lowest BCUT2D eigenvalue weighted by Crippen LogP contribution is -2.28. The molecule has 0 amide bonds. The van der Waals surface area contributed by atoms with Crippen LogP contribution in [0.5, 0.6) is 0 Å². The van der Waals surface area contributed by atoms with Crippen molar-refractivity contribution in [1.82, 2.24) is 0 Å². The minimum atomic E-state index is -0.458. The Morgan fingerprint density at radius 1 is 0.391 bits per heavy atom. The SMILES string of the molecule is c1ccc(C2(c3ccccc3)c3cc(-c4ccc5cccc6c5c4-c4ccccc4S6)ccc3-c3c2ccc2ccccc32)cc1. The van der Waals surface area contributed by atoms with E-state index in [-0.39, 0.29) is 0 Å². The molecular weight excluding hydrogens is 573 g/mol. The lowest BCUT2D eigenvalue weighted by Gasteiger charge is -2.34. The van der Waals surface area contributed by atoms with Gasteiger partial charge >= 0.3 is 0 Å². The number of benzene rings is 8. The molecule has 8 aromatic rings. The summed E-state index contributed by atoms with van der Waals surface area (Å²) in [5.74, 6) is 0. The maximum atomic E-state index is 2.51. The first-order chi connectivity index (χ1) is 22.8. The Morgan fingerprint density at radius 2 is 1.04 bits per heavy atom. The Morgan fingerprint density at radius 3 is 1.87 bits per heavy atom. The topological polar surface area (TPSA) is 0 Å². The van der Waals surface area contributed by atoms with Gasteiger partial charge in [-0.3, -0.25) is 0 Å². The fraction of sp³-hybridized carbons (Fsp3) is 0.0222. The van der Waals surface area contributed by atoms with Gasteiger partial charge in [0.05, 0.1) is 5.41 Å². The Kier molecular flexibility index (Phi) is 5.53. The zero-order chi connectivity index (χ0) is 30.2. The van der Waals surface area contributed by atoms with Crippen LogP contribution in [-0.2, 0) is 5.41 Å². The van der Waals surface area contributed by atoms with E-state index in [4.69, 9.17) is 0 Å². The normalized spacial score (nSPS) is 13.7. The first-order valence-electron chi connectivity index (χ1n) is 15.9. The molecule has 1 aliphatic heterocycles. The van der Waals surface area contributed by atoms with E-state index in [1.165, 1.54) is 87.0 Å². The molecular formula is C45H28S. The Hall–Kier alpha value is -5.37. The number of rotatable bonds is 3. The predicted molar refractivity (Wildman–Crippen MR) is 194 cm³/mol. The van der Waals surface area contributed by atoms with E-state index in [1.54, 1.807) is 0 Å². The third-order valence-corrected chi connectivity index (χ3v) is 11.3. The summed E-state index contributed by atoms with van der Waals surface area (Å²) in [5, 5.41) is 5.23. The van der Waals surface area contributed by atoms with Crippen LogP contribution in [0.2, 0.25) is 0 Å². The van der Waals surface area contributed by atoms with Crippen molar-refractivity contribution in [1.29, 1.82) is 0 Å². The van der Waals surface area contributed by atoms with E-state index in [2.05, 4.69) is 170 Å². The second-order valence-corrected chi connectivity index (χ2v) is 13.5. The molecule has 0 saturated heterocycles. The molecule has 8 aromatic carbocycles. The first-order valence-corrected chi connectivity index (χ1v) is 16.8. The quantitative estimate of drug-likeness (QED) is 0.194. The molecule has 0 bridgehead atoms. The van der Waals surface area contributed by atoms with Crippen molar-refractivity contribution in [3.8, 4) is 33.4 Å². The molecule has 0 spiro atoms. The molecule has 1 aliphatic carbocycles. The summed E-state index contributed by atoms with van der Waals surface area (Å²) >= 11 is 1.89. The molecule has 0 atom stereocenters. The van der Waals surface area contributed by atoms with Gasteiger partial charge in [-0.15, -0.1) is 0 Å². The van der Waals surface area contributed by atoms with Crippen LogP contribution in [0.4, 0.5) is 0 Å². The van der Waals surface area contributed by atoms with Gasteiger partial charge in [-0.25, -0.2) is 0 Å². The van der Waals surface area contributed by atoms with E-state index < -0.39 is 5.41 Å². The summed E-state index contributed by atoms with van der Waals surface area (Å²) in [6.45, 7) is 0. The zero-order valence-corrected chi connectivity index (χ0v) is 25.9. The number of fused-ring (bicyclic) bond motifs is 7. The van der Waals surface area contributed by atoms with E-state index in [1.807, 2.05) is 11.8 Å². The first kappa shape index (κ1) is 25.9. The molecule has 0 N–H and O–H groups in total. The summed E-state index contributed by atoms with van der Waals surface area (Å²) in [6.07, 6.45) is 0. The van der Waals surface area contributed by atoms with Gasteiger partial charge in [0.1, 0.15) is 0 Å². The molecule has 10 rings (SSSR count). The molecule has 0 fully saturated rings. The van der Waals surface area contributed by atoms with Crippen LogP contribution in [0.25, 0.3) is 54.9 Å². The maximum absolute atomic E-state index is 2.51. The third-order valence-electron chi connectivity index (χ3n) is 10.1. The predicted octanol–water partition coefficient (Wildman–Crippen LogP) is 12.2. The average molecular weight is 601 g/mol. The second kappa shape index (κ2) is 9.81. The van der Waals surface area contributed by atoms with Gasteiger partial charge in [0, 0.05) is 15.2 Å². The molecule has 2 aliphatic rings. The van der Waals surface area contributed by atoms with Crippen molar-refractivity contribution in [2.45, 2.75) is 15.2 Å². The van der Waals surface area contributed by atoms with Crippen molar-refractivity contribution in [3.05, 3.63) is 192 Å². The smallest absolute Gasteiger partial charge is 0.0714 e. The highest BCUT2D eigenvalue weighted by Crippen LogP contribution is 2.59. The minimum absolute atomic E-state index is 0.458. The van der Waals surface area contributed by atoms with Crippen molar-refractivity contribution in [2.75, 3.05) is 0 Å². The summed E-state index contributed by atoms with van der Waals surface area (Å²) in [5.41, 5.74) is 12.7. The standard InChI is InChI=1S/C45H28S/c1-3-14-32(15-4-1)45(33-16-5-2-6-17-33)38-27-24-29-12-7-8-18-34(29)43(38)36-26-23-31(28-39(36)45)35-25-22-30-13-11-21-41-42(30)44(35)37-19-9-10-20-40(37)46-41/h1-28H. The average Bonchev–Trinajstić information content (AvgIpc) is 3.43. The minimum Gasteiger partial charge on any atom is -0.0888 e. The van der Waals surface area contributed by atoms with Gasteiger partial charge < -0.3 is 0 Å². The molecule has 0 unspecified atom stereocenters. The van der Waals surface area contributed by atoms with Gasteiger partial charge in [-0.1, -0.05) is 163 Å². The Bertz CT molecular complexity index is 2450. The monoisotopic (exact) mass is 600 g/mol. The number of hydrogen-bond acceptors (Lipinski definition) is 1. The third kappa shape index (κ3) is 3.47. The maximum Gasteiger partial charge on any atom is 0.0714 e. The van der Waals surface area contributed by atoms with Crippen LogP contribution >= 0.6 is 11.8 Å². The van der Waals surface area contributed by atoms with Gasteiger partial charge in [-0.2, -0.15) is 0 Å². The van der Waals surface area contributed by atoms with Gasteiger partial charge in [0.25, 0.3) is 0 Å². The fourth-order valence-electron chi connectivity index (χ4n) is 8.26. The molecule has 0 aromatic heterocycles. The zero-order valence-electron chi connectivity index (χ0n) is 25.1. The highest BCUT2D eigenvalue weighted by molar-refractivity contribution is 7.99. The molecule has 0 radical (unpaired) electrons. The van der Waals surface area contributed by atoms with E-state index in [0.29, 0.717) is 0 Å². The van der Waals surface area contributed by atoms with Gasteiger partial charge in [0.2, 0.25) is 0 Å². The van der Waals surface area contributed by atoms with Crippen LogP contribution in [0.1, 0.15) is 22.3 Å². The highest BCUT2D eigenvalue weighted by Gasteiger charge is 2.46. The summed E-state index contributed by atoms with van der Waals surface area (Å²) < 4.78 is 0. The second-order valence-electron chi connectivity index (χ2n) is 12.4. The summed E-state index contributed by atoms with van der Waals surface area (Å²) in [7, 11) is 0. The molecule has 46 heavy (non-hydrogen) atoms. The van der Waals surface area contributed by atoms with Crippen molar-refractivity contribution in [2.24, 2.45) is 0 Å². The van der Waals surface area contributed by atoms with Gasteiger partial charge in [-0.05, 0) is 90.0 Å². The Balaban J connectivity index is 1.34. The van der Waals surface area contributed by atoms with Crippen LogP contribution < -0.4 is 0 Å². The van der Waals surface area contributed by atoms with E-state index in [9.17, 15) is 0 Å². The van der Waals surface area contributed by atoms with Gasteiger partial charge in [0.15, 0.2) is 0 Å². The summed E-state index contributed by atoms with van der Waals surface area (Å²) in [4.78, 5) is 2.65. The lowest BCUT2D eigenvalue weighted by molar-refractivity contribution is 0.769. The highest BCUT2D eigenvalue weighted by atomic mass is 32.2. The molecule has 1 heterocycles. The Labute approximate surface area is 273 Å². The van der Waals surface area contributed by atoms with Crippen LogP contribution in [0.15, 0.2) is 180 Å². The molecule has 1 heteroatoms. The fourth-order valence-corrected chi connectivity index (χ4v) is 9.39. The van der Waals surface area contributed by atoms with Crippen molar-refractivity contribution in [3.63, 3.8) is 0 Å². The molecule has 214 valence electrons. The lowest BCUT2D eigenvalue weighted by atomic mass is 9.67. The van der Waals surface area contributed by atoms with Crippen molar-refractivity contribution >= 4 is 33.3 Å². The van der Waals surface area contributed by atoms with Crippen LogP contribution in [0.3, 0.4) is 0 Å². The van der Waals surface area contributed by atoms with Crippen LogP contribution in [0, 0.1) is 0 Å². The summed E-state index contributed by atoms with van der Waals surface area (Å²) in [6, 6.07) is 63.3. The largest absolute Gasteiger partial charge is 0.0888 e. The molecule has 0 nitrogen and oxygen atoms in total.